The zero-order chi connectivity index (χ0) is 42.0. The molecule has 0 N–H and O–H groups in total. The Labute approximate surface area is 367 Å². The number of rotatable bonds is 7. The maximum absolute atomic E-state index is 2.51. The number of aromatic nitrogens is 3. The minimum absolute atomic E-state index is 1.05. The first-order valence-corrected chi connectivity index (χ1v) is 22.1. The quantitative estimate of drug-likeness (QED) is 0.143. The molecule has 0 bridgehead atoms. The maximum atomic E-state index is 2.51. The molecule has 0 aliphatic heterocycles. The smallest absolute Gasteiger partial charge is 0.0782 e. The molecule has 0 atom stereocenters. The first-order valence-electron chi connectivity index (χ1n) is 22.1. The Morgan fingerprint density at radius 1 is 0.476 bits per heavy atom. The third kappa shape index (κ3) is 5.96. The van der Waals surface area contributed by atoms with Crippen molar-refractivity contribution >= 4 is 66.2 Å². The predicted octanol–water partition coefficient (Wildman–Crippen LogP) is 16.1. The Morgan fingerprint density at radius 2 is 1.11 bits per heavy atom. The summed E-state index contributed by atoms with van der Waals surface area (Å²) >= 11 is 0. The van der Waals surface area contributed by atoms with Crippen LogP contribution in [0.1, 0.15) is 37.1 Å². The van der Waals surface area contributed by atoms with Crippen LogP contribution in [0.25, 0.3) is 105 Å². The predicted molar refractivity (Wildman–Crippen MR) is 269 cm³/mol. The number of benzene rings is 8. The molecule has 11 aromatic rings. The Hall–Kier alpha value is -7.88. The van der Waals surface area contributed by atoms with Crippen molar-refractivity contribution in [1.29, 1.82) is 0 Å². The molecule has 3 heterocycles. The lowest BCUT2D eigenvalue weighted by Gasteiger charge is -2.17. The second-order valence-corrected chi connectivity index (χ2v) is 16.8. The van der Waals surface area contributed by atoms with Gasteiger partial charge in [0, 0.05) is 44.0 Å². The fourth-order valence-electron chi connectivity index (χ4n) is 10.3. The van der Waals surface area contributed by atoms with Gasteiger partial charge in [-0.2, -0.15) is 0 Å². The van der Waals surface area contributed by atoms with Gasteiger partial charge in [0.2, 0.25) is 0 Å². The molecular weight excluding hydrogens is 763 g/mol. The van der Waals surface area contributed by atoms with Crippen LogP contribution < -0.4 is 0 Å². The van der Waals surface area contributed by atoms with E-state index in [4.69, 9.17) is 0 Å². The van der Waals surface area contributed by atoms with E-state index in [0.29, 0.717) is 0 Å². The summed E-state index contributed by atoms with van der Waals surface area (Å²) in [5, 5.41) is 6.29. The fourth-order valence-corrected chi connectivity index (χ4v) is 10.3. The Bertz CT molecular complexity index is 3690. The van der Waals surface area contributed by atoms with Gasteiger partial charge in [-0.1, -0.05) is 146 Å². The highest BCUT2D eigenvalue weighted by molar-refractivity contribution is 6.14. The Morgan fingerprint density at radius 3 is 1.90 bits per heavy atom. The second-order valence-electron chi connectivity index (χ2n) is 16.8. The van der Waals surface area contributed by atoms with Crippen molar-refractivity contribution in [3.8, 4) is 39.3 Å². The monoisotopic (exact) mass is 807 g/mol. The molecule has 1 aliphatic rings. The molecule has 0 saturated carbocycles. The maximum Gasteiger partial charge on any atom is 0.0782 e. The Balaban J connectivity index is 1.13. The van der Waals surface area contributed by atoms with E-state index in [1.54, 1.807) is 0 Å². The summed E-state index contributed by atoms with van der Waals surface area (Å²) in [6.45, 7) is 4.25. The molecule has 63 heavy (non-hydrogen) atoms. The first-order chi connectivity index (χ1) is 31.1. The molecule has 3 nitrogen and oxygen atoms in total. The van der Waals surface area contributed by atoms with E-state index in [9.17, 15) is 0 Å². The molecule has 300 valence electrons. The highest BCUT2D eigenvalue weighted by Crippen LogP contribution is 2.42. The van der Waals surface area contributed by atoms with Gasteiger partial charge in [-0.05, 0) is 132 Å². The first kappa shape index (κ1) is 36.9. The minimum Gasteiger partial charge on any atom is -0.309 e. The van der Waals surface area contributed by atoms with Crippen molar-refractivity contribution in [2.24, 2.45) is 0 Å². The van der Waals surface area contributed by atoms with Gasteiger partial charge in [0.1, 0.15) is 0 Å². The van der Waals surface area contributed by atoms with E-state index in [-0.39, 0.29) is 0 Å². The molecule has 0 radical (unpaired) electrons. The normalized spacial score (nSPS) is 13.1. The number of allylic oxidation sites excluding steroid dienone is 5. The molecule has 1 aliphatic carbocycles. The van der Waals surface area contributed by atoms with E-state index in [2.05, 4.69) is 240 Å². The lowest BCUT2D eigenvalue weighted by molar-refractivity contribution is 0.967. The van der Waals surface area contributed by atoms with Crippen LogP contribution in [0, 0.1) is 0 Å². The van der Waals surface area contributed by atoms with Crippen LogP contribution in [0.5, 0.6) is 0 Å². The summed E-state index contributed by atoms with van der Waals surface area (Å²) in [4.78, 5) is 0. The lowest BCUT2D eigenvalue weighted by Crippen LogP contribution is -2.04. The lowest BCUT2D eigenvalue weighted by atomic mass is 9.95. The highest BCUT2D eigenvalue weighted by atomic mass is 15.1. The molecule has 3 heteroatoms. The average Bonchev–Trinajstić information content (AvgIpc) is 3.99. The molecule has 0 fully saturated rings. The minimum atomic E-state index is 1.05. The topological polar surface area (TPSA) is 14.8 Å². The van der Waals surface area contributed by atoms with Crippen LogP contribution in [0.2, 0.25) is 0 Å². The van der Waals surface area contributed by atoms with Crippen LogP contribution in [0.3, 0.4) is 0 Å². The van der Waals surface area contributed by atoms with Gasteiger partial charge in [0.05, 0.1) is 33.3 Å². The van der Waals surface area contributed by atoms with E-state index >= 15 is 0 Å². The molecule has 0 saturated heterocycles. The molecule has 0 amide bonds. The third-order valence-corrected chi connectivity index (χ3v) is 13.2. The van der Waals surface area contributed by atoms with Gasteiger partial charge < -0.3 is 13.7 Å². The summed E-state index contributed by atoms with van der Waals surface area (Å²) in [7, 11) is 0. The molecule has 3 aromatic heterocycles. The van der Waals surface area contributed by atoms with Gasteiger partial charge in [-0.15, -0.1) is 0 Å². The van der Waals surface area contributed by atoms with E-state index in [1.165, 1.54) is 105 Å². The SMILES string of the molecule is C/C=C\C=C(/C)c1cccc(-c2cc(-c3ccccc3)cc(-n3c4ccccc4c4ccc(-n5c6ccccc6c6cccc(-n7c8c(c9ccccc97)CCC=C8)c65)cc43)c2)c1. The summed E-state index contributed by atoms with van der Waals surface area (Å²) < 4.78 is 7.51. The van der Waals surface area contributed by atoms with Crippen molar-refractivity contribution in [1.82, 2.24) is 13.7 Å². The van der Waals surface area contributed by atoms with Crippen LogP contribution in [0.15, 0.2) is 206 Å². The number of para-hydroxylation sites is 4. The van der Waals surface area contributed by atoms with Crippen molar-refractivity contribution in [3.63, 3.8) is 0 Å². The summed E-state index contributed by atoms with van der Waals surface area (Å²) in [6.07, 6.45) is 13.2. The second kappa shape index (κ2) is 14.9. The molecule has 0 unspecified atom stereocenters. The number of hydrogen-bond acceptors (Lipinski definition) is 0. The van der Waals surface area contributed by atoms with Gasteiger partial charge >= 0.3 is 0 Å². The van der Waals surface area contributed by atoms with Gasteiger partial charge in [0.15, 0.2) is 0 Å². The summed E-state index contributed by atoms with van der Waals surface area (Å²) in [5.41, 5.74) is 19.3. The van der Waals surface area contributed by atoms with Crippen LogP contribution in [-0.2, 0) is 6.42 Å². The molecule has 0 spiro atoms. The summed E-state index contributed by atoms with van der Waals surface area (Å²) in [5.74, 6) is 0. The zero-order valence-corrected chi connectivity index (χ0v) is 35.5. The number of nitrogens with zero attached hydrogens (tertiary/aromatic N) is 3. The fraction of sp³-hybridized carbons (Fsp3) is 0.0667. The van der Waals surface area contributed by atoms with Crippen molar-refractivity contribution < 1.29 is 0 Å². The van der Waals surface area contributed by atoms with Crippen LogP contribution >= 0.6 is 0 Å². The zero-order valence-electron chi connectivity index (χ0n) is 35.5. The van der Waals surface area contributed by atoms with Gasteiger partial charge in [-0.3, -0.25) is 0 Å². The Kier molecular flexibility index (Phi) is 8.75. The third-order valence-electron chi connectivity index (χ3n) is 13.2. The standard InChI is InChI=1S/C60H45N3/c1-3-4-18-40(2)42-21-16-22-43(35-42)45-36-44(41-19-6-5-7-20-41)37-47(38-45)61-54-28-12-8-25-50(54)52-34-33-46(39-59(52)61)62-55-29-13-11-26-51(55)53-27-17-32-58(60(53)62)63-56-30-14-9-23-48(56)49-24-10-15-31-57(49)63/h3-9,11-23,25-39H,10,24H2,1-2H3/b4-3-,40-18+. The average molecular weight is 808 g/mol. The van der Waals surface area contributed by atoms with Crippen LogP contribution in [-0.4, -0.2) is 13.7 Å². The van der Waals surface area contributed by atoms with E-state index < -0.39 is 0 Å². The number of hydrogen-bond donors (Lipinski definition) is 0. The van der Waals surface area contributed by atoms with Crippen LogP contribution in [0.4, 0.5) is 0 Å². The van der Waals surface area contributed by atoms with Gasteiger partial charge in [-0.25, -0.2) is 0 Å². The van der Waals surface area contributed by atoms with E-state index in [1.807, 2.05) is 0 Å². The van der Waals surface area contributed by atoms with E-state index in [0.717, 1.165) is 24.2 Å². The number of aryl methyl sites for hydroxylation is 1. The molecular formula is C60H45N3. The largest absolute Gasteiger partial charge is 0.309 e. The van der Waals surface area contributed by atoms with Crippen molar-refractivity contribution in [3.05, 3.63) is 223 Å². The molecule has 8 aromatic carbocycles. The number of fused-ring (bicyclic) bond motifs is 9. The van der Waals surface area contributed by atoms with Crippen molar-refractivity contribution in [2.75, 3.05) is 0 Å². The molecule has 12 rings (SSSR count). The summed E-state index contributed by atoms with van der Waals surface area (Å²) in [6, 6.07) is 67.5. The van der Waals surface area contributed by atoms with Crippen molar-refractivity contribution in [2.45, 2.75) is 26.7 Å². The van der Waals surface area contributed by atoms with Gasteiger partial charge in [0.25, 0.3) is 0 Å². The highest BCUT2D eigenvalue weighted by Gasteiger charge is 2.23.